The molecule has 0 aliphatic carbocycles. The maximum absolute atomic E-state index is 12.8. The molecule has 0 atom stereocenters. The lowest BCUT2D eigenvalue weighted by Crippen LogP contribution is -2.29. The van der Waals surface area contributed by atoms with Gasteiger partial charge in [0.2, 0.25) is 5.91 Å². The van der Waals surface area contributed by atoms with Crippen LogP contribution < -0.4 is 9.62 Å². The van der Waals surface area contributed by atoms with Gasteiger partial charge in [0.15, 0.2) is 5.82 Å². The number of carbonyl (C=O) groups is 1. The van der Waals surface area contributed by atoms with Crippen LogP contribution in [-0.4, -0.2) is 31.3 Å². The van der Waals surface area contributed by atoms with E-state index < -0.39 is 15.4 Å². The van der Waals surface area contributed by atoms with E-state index in [1.165, 1.54) is 37.8 Å². The number of nitrogens with zero attached hydrogens (tertiary/aromatic N) is 3. The third-order valence-corrected chi connectivity index (χ3v) is 5.77. The Bertz CT molecular complexity index is 879. The Morgan fingerprint density at radius 3 is 2.61 bits per heavy atom. The molecule has 0 radical (unpaired) electrons. The fourth-order valence-electron chi connectivity index (χ4n) is 2.45. The lowest BCUT2D eigenvalue weighted by molar-refractivity contribution is -0.119. The topological polar surface area (TPSA) is 92.3 Å². The monoisotopic (exact) mass is 332 g/mol. The highest BCUT2D eigenvalue weighted by molar-refractivity contribution is 7.92. The van der Waals surface area contributed by atoms with Crippen molar-refractivity contribution in [2.24, 2.45) is 0 Å². The molecule has 0 saturated heterocycles. The molecule has 1 aromatic carbocycles. The standard InChI is InChI=1S/C15H16N4O3S/c1-15(2)11-8-10(4-5-12(11)18-14(15)20)23(21,22)19(3)13-9-16-6-7-17-13/h4-9H,1-3H3,(H,18,20). The van der Waals surface area contributed by atoms with Gasteiger partial charge < -0.3 is 5.32 Å². The fourth-order valence-corrected chi connectivity index (χ4v) is 3.61. The molecule has 1 aliphatic rings. The van der Waals surface area contributed by atoms with Crippen LogP contribution in [0, 0.1) is 0 Å². The number of rotatable bonds is 3. The zero-order valence-electron chi connectivity index (χ0n) is 12.9. The first-order valence-electron chi connectivity index (χ1n) is 6.95. The van der Waals surface area contributed by atoms with Crippen LogP contribution in [0.5, 0.6) is 0 Å². The smallest absolute Gasteiger partial charge is 0.265 e. The summed E-state index contributed by atoms with van der Waals surface area (Å²) in [6.45, 7) is 3.52. The molecule has 1 amide bonds. The van der Waals surface area contributed by atoms with E-state index in [4.69, 9.17) is 0 Å². The summed E-state index contributed by atoms with van der Waals surface area (Å²) in [5.41, 5.74) is 0.531. The molecule has 2 aromatic rings. The van der Waals surface area contributed by atoms with Crippen LogP contribution >= 0.6 is 0 Å². The van der Waals surface area contributed by atoms with Gasteiger partial charge in [-0.3, -0.25) is 14.1 Å². The molecular weight excluding hydrogens is 316 g/mol. The van der Waals surface area contributed by atoms with Gasteiger partial charge in [-0.25, -0.2) is 13.4 Å². The number of hydrogen-bond donors (Lipinski definition) is 1. The van der Waals surface area contributed by atoms with E-state index in [1.54, 1.807) is 19.9 Å². The average Bonchev–Trinajstić information content (AvgIpc) is 2.77. The van der Waals surface area contributed by atoms with Crippen LogP contribution in [0.2, 0.25) is 0 Å². The minimum atomic E-state index is -3.79. The SMILES string of the molecule is CN(c1cnccn1)S(=O)(=O)c1ccc2c(c1)C(C)(C)C(=O)N2. The van der Waals surface area contributed by atoms with Crippen molar-refractivity contribution >= 4 is 27.4 Å². The molecule has 120 valence electrons. The van der Waals surface area contributed by atoms with Gasteiger partial charge in [0.25, 0.3) is 10.0 Å². The minimum Gasteiger partial charge on any atom is -0.325 e. The van der Waals surface area contributed by atoms with E-state index in [2.05, 4.69) is 15.3 Å². The Morgan fingerprint density at radius 1 is 1.22 bits per heavy atom. The van der Waals surface area contributed by atoms with Gasteiger partial charge in [-0.15, -0.1) is 0 Å². The van der Waals surface area contributed by atoms with Crippen molar-refractivity contribution < 1.29 is 13.2 Å². The maximum Gasteiger partial charge on any atom is 0.265 e. The first-order valence-corrected chi connectivity index (χ1v) is 8.39. The Labute approximate surface area is 134 Å². The summed E-state index contributed by atoms with van der Waals surface area (Å²) in [4.78, 5) is 20.0. The van der Waals surface area contributed by atoms with Gasteiger partial charge in [0, 0.05) is 25.1 Å². The van der Waals surface area contributed by atoms with Gasteiger partial charge in [0.05, 0.1) is 16.5 Å². The first-order chi connectivity index (χ1) is 10.7. The Hall–Kier alpha value is -2.48. The summed E-state index contributed by atoms with van der Waals surface area (Å²) >= 11 is 0. The van der Waals surface area contributed by atoms with Crippen LogP contribution in [0.15, 0.2) is 41.7 Å². The fraction of sp³-hybridized carbons (Fsp3) is 0.267. The molecule has 1 aliphatic heterocycles. The number of sulfonamides is 1. The second-order valence-electron chi connectivity index (χ2n) is 5.82. The van der Waals surface area contributed by atoms with Gasteiger partial charge >= 0.3 is 0 Å². The second kappa shape index (κ2) is 5.02. The molecule has 0 fully saturated rings. The van der Waals surface area contributed by atoms with E-state index in [-0.39, 0.29) is 16.6 Å². The van der Waals surface area contributed by atoms with Gasteiger partial charge in [0.1, 0.15) is 0 Å². The number of aromatic nitrogens is 2. The summed E-state index contributed by atoms with van der Waals surface area (Å²) in [5.74, 6) is 0.0748. The van der Waals surface area contributed by atoms with E-state index in [1.807, 2.05) is 0 Å². The largest absolute Gasteiger partial charge is 0.325 e. The van der Waals surface area contributed by atoms with Crippen LogP contribution in [0.25, 0.3) is 0 Å². The number of amides is 1. The van der Waals surface area contributed by atoms with E-state index in [0.717, 1.165) is 4.31 Å². The summed E-state index contributed by atoms with van der Waals surface area (Å²) in [6, 6.07) is 4.62. The molecule has 8 heteroatoms. The molecule has 1 N–H and O–H groups in total. The van der Waals surface area contributed by atoms with Gasteiger partial charge in [-0.2, -0.15) is 0 Å². The van der Waals surface area contributed by atoms with Gasteiger partial charge in [-0.1, -0.05) is 0 Å². The molecule has 23 heavy (non-hydrogen) atoms. The van der Waals surface area contributed by atoms with Crippen molar-refractivity contribution in [3.8, 4) is 0 Å². The quantitative estimate of drug-likeness (QED) is 0.920. The number of carbonyl (C=O) groups excluding carboxylic acids is 1. The third kappa shape index (κ3) is 2.35. The number of benzene rings is 1. The van der Waals surface area contributed by atoms with Crippen molar-refractivity contribution in [3.63, 3.8) is 0 Å². The molecule has 2 heterocycles. The normalized spacial score (nSPS) is 15.9. The maximum atomic E-state index is 12.8. The van der Waals surface area contributed by atoms with Crippen molar-refractivity contribution in [2.45, 2.75) is 24.2 Å². The van der Waals surface area contributed by atoms with E-state index in [9.17, 15) is 13.2 Å². The van der Waals surface area contributed by atoms with Crippen molar-refractivity contribution in [3.05, 3.63) is 42.4 Å². The third-order valence-electron chi connectivity index (χ3n) is 4.01. The molecular formula is C15H16N4O3S. The number of nitrogens with one attached hydrogen (secondary N) is 1. The molecule has 3 rings (SSSR count). The molecule has 0 spiro atoms. The summed E-state index contributed by atoms with van der Waals surface area (Å²) in [6.07, 6.45) is 4.27. The second-order valence-corrected chi connectivity index (χ2v) is 7.79. The first kappa shape index (κ1) is 15.4. The Balaban J connectivity index is 2.06. The number of hydrogen-bond acceptors (Lipinski definition) is 5. The van der Waals surface area contributed by atoms with Crippen molar-refractivity contribution in [1.29, 1.82) is 0 Å². The Kier molecular flexibility index (Phi) is 3.36. The molecule has 0 bridgehead atoms. The molecule has 0 unspecified atom stereocenters. The number of fused-ring (bicyclic) bond motifs is 1. The zero-order chi connectivity index (χ0) is 16.8. The Morgan fingerprint density at radius 2 is 1.96 bits per heavy atom. The summed E-state index contributed by atoms with van der Waals surface area (Å²) in [5, 5.41) is 2.76. The van der Waals surface area contributed by atoms with Crippen LogP contribution in [-0.2, 0) is 20.2 Å². The molecule has 0 saturated carbocycles. The average molecular weight is 332 g/mol. The van der Waals surface area contributed by atoms with E-state index >= 15 is 0 Å². The predicted molar refractivity (Wildman–Crippen MR) is 85.7 cm³/mol. The van der Waals surface area contributed by atoms with Gasteiger partial charge in [-0.05, 0) is 37.6 Å². The molecule has 7 nitrogen and oxygen atoms in total. The van der Waals surface area contributed by atoms with Crippen molar-refractivity contribution in [1.82, 2.24) is 9.97 Å². The van der Waals surface area contributed by atoms with Crippen molar-refractivity contribution in [2.75, 3.05) is 16.7 Å². The summed E-state index contributed by atoms with van der Waals surface area (Å²) in [7, 11) is -2.37. The highest BCUT2D eigenvalue weighted by Gasteiger charge is 2.39. The van der Waals surface area contributed by atoms with Crippen LogP contribution in [0.3, 0.4) is 0 Å². The lowest BCUT2D eigenvalue weighted by Gasteiger charge is -2.20. The molecule has 1 aromatic heterocycles. The highest BCUT2D eigenvalue weighted by atomic mass is 32.2. The predicted octanol–water partition coefficient (Wildman–Crippen LogP) is 1.53. The zero-order valence-corrected chi connectivity index (χ0v) is 13.8. The van der Waals surface area contributed by atoms with Crippen LogP contribution in [0.1, 0.15) is 19.4 Å². The lowest BCUT2D eigenvalue weighted by atomic mass is 9.86. The summed E-state index contributed by atoms with van der Waals surface area (Å²) < 4.78 is 26.6. The number of anilines is 2. The van der Waals surface area contributed by atoms with Crippen LogP contribution in [0.4, 0.5) is 11.5 Å². The minimum absolute atomic E-state index is 0.106. The highest BCUT2D eigenvalue weighted by Crippen LogP contribution is 2.38. The van der Waals surface area contributed by atoms with E-state index in [0.29, 0.717) is 11.3 Å².